The number of H-pyrrole nitrogens is 2. The first-order valence-corrected chi connectivity index (χ1v) is 22.7. The second-order valence-electron chi connectivity index (χ2n) is 16.6. The number of carbonyl (C=O) groups excluding carboxylic acids is 2. The van der Waals surface area contributed by atoms with Crippen molar-refractivity contribution in [3.63, 3.8) is 0 Å². The summed E-state index contributed by atoms with van der Waals surface area (Å²) in [6.07, 6.45) is 13.5. The average Bonchev–Trinajstić information content (AvgIpc) is 4.06. The number of nitrogens with one attached hydrogen (secondary N) is 2. The number of aromatic amines is 2. The minimum absolute atomic E-state index is 0.164. The molecule has 1 aliphatic rings. The average molecular weight is 864 g/mol. The van der Waals surface area contributed by atoms with Gasteiger partial charge in [0.25, 0.3) is 0 Å². The second kappa shape index (κ2) is 23.3. The van der Waals surface area contributed by atoms with Crippen molar-refractivity contribution >= 4 is 34.6 Å². The maximum atomic E-state index is 13.3. The van der Waals surface area contributed by atoms with E-state index in [9.17, 15) is 14.7 Å². The smallest absolute Gasteiger partial charge is 0.222 e. The summed E-state index contributed by atoms with van der Waals surface area (Å²) in [6.45, 7) is 8.83. The Hall–Kier alpha value is -6.39. The van der Waals surface area contributed by atoms with E-state index in [4.69, 9.17) is 14.5 Å². The zero-order valence-corrected chi connectivity index (χ0v) is 38.5. The number of phenolic OH excluding ortho intramolecular Hbond substituents is 1. The molecule has 3 N–H and O–H groups in total. The first-order valence-electron chi connectivity index (χ1n) is 22.7. The van der Waals surface area contributed by atoms with Gasteiger partial charge >= 0.3 is 0 Å². The van der Waals surface area contributed by atoms with Crippen LogP contribution in [0, 0.1) is 13.8 Å². The van der Waals surface area contributed by atoms with Crippen LogP contribution in [0.15, 0.2) is 120 Å². The van der Waals surface area contributed by atoms with Crippen molar-refractivity contribution in [1.82, 2.24) is 19.8 Å². The number of aryl methyl sites for hydroxylation is 1. The number of Topliss-reactive ketones (excluding diaryl/α,β-unsaturated/α-hetero) is 1. The topological polar surface area (TPSA) is 123 Å². The first kappa shape index (κ1) is 47.1. The third-order valence-corrected chi connectivity index (χ3v) is 12.0. The number of methoxy groups -OCH3 is 1. The SMILES string of the molecule is CC/C(=C(\c1ccc(O)cc1)c1ccc(OCCN(C)CCN(C)C(=O)CCCCCCCCC(=O)c2c(C)[nH]c(/C=C3\N=C(c4ccc[nH]4)C=C3OC)c2C)cc1)c1ccccc1. The van der Waals surface area contributed by atoms with Crippen LogP contribution in [0.4, 0.5) is 0 Å². The lowest BCUT2D eigenvalue weighted by Crippen LogP contribution is -2.36. The molecule has 2 aromatic heterocycles. The maximum absolute atomic E-state index is 13.3. The Balaban J connectivity index is 0.853. The van der Waals surface area contributed by atoms with E-state index in [1.807, 2.05) is 86.6 Å². The van der Waals surface area contributed by atoms with Crippen LogP contribution in [0.5, 0.6) is 11.5 Å². The van der Waals surface area contributed by atoms with E-state index in [1.54, 1.807) is 19.2 Å². The largest absolute Gasteiger partial charge is 0.508 e. The van der Waals surface area contributed by atoms with Gasteiger partial charge in [0.1, 0.15) is 29.6 Å². The fraction of sp³-hybridized carbons (Fsp3) is 0.352. The number of hydrogen-bond acceptors (Lipinski definition) is 7. The quantitative estimate of drug-likeness (QED) is 0.0322. The van der Waals surface area contributed by atoms with E-state index < -0.39 is 0 Å². The molecule has 0 unspecified atom stereocenters. The maximum Gasteiger partial charge on any atom is 0.222 e. The van der Waals surface area contributed by atoms with Crippen LogP contribution in [-0.2, 0) is 9.53 Å². The minimum atomic E-state index is 0.164. The van der Waals surface area contributed by atoms with E-state index in [2.05, 4.69) is 65.2 Å². The Kier molecular flexibility index (Phi) is 17.2. The van der Waals surface area contributed by atoms with Crippen LogP contribution in [0.3, 0.4) is 0 Å². The van der Waals surface area contributed by atoms with Gasteiger partial charge in [-0.2, -0.15) is 0 Å². The summed E-state index contributed by atoms with van der Waals surface area (Å²) in [5.74, 6) is 2.08. The van der Waals surface area contributed by atoms with E-state index in [0.29, 0.717) is 37.4 Å². The summed E-state index contributed by atoms with van der Waals surface area (Å²) in [6, 6.07) is 30.0. The summed E-state index contributed by atoms with van der Waals surface area (Å²) in [5, 5.41) is 9.95. The van der Waals surface area contributed by atoms with Gasteiger partial charge in [-0.15, -0.1) is 0 Å². The number of rotatable bonds is 24. The third kappa shape index (κ3) is 12.6. The Labute approximate surface area is 379 Å². The van der Waals surface area contributed by atoms with Crippen molar-refractivity contribution in [2.24, 2.45) is 4.99 Å². The van der Waals surface area contributed by atoms with Gasteiger partial charge in [-0.1, -0.05) is 87.2 Å². The molecule has 0 atom stereocenters. The van der Waals surface area contributed by atoms with Gasteiger partial charge in [-0.25, -0.2) is 4.99 Å². The molecule has 5 aromatic rings. The fourth-order valence-corrected chi connectivity index (χ4v) is 8.27. The molecular formula is C54H65N5O5. The third-order valence-electron chi connectivity index (χ3n) is 12.0. The molecule has 6 rings (SSSR count). The summed E-state index contributed by atoms with van der Waals surface area (Å²) >= 11 is 0. The Morgan fingerprint density at radius 3 is 2.11 bits per heavy atom. The van der Waals surface area contributed by atoms with E-state index in [1.165, 1.54) is 11.1 Å². The number of nitrogens with zero attached hydrogens (tertiary/aromatic N) is 3. The van der Waals surface area contributed by atoms with Crippen molar-refractivity contribution in [1.29, 1.82) is 0 Å². The van der Waals surface area contributed by atoms with Gasteiger partial charge in [0.2, 0.25) is 5.91 Å². The molecule has 0 radical (unpaired) electrons. The van der Waals surface area contributed by atoms with Crippen molar-refractivity contribution < 1.29 is 24.2 Å². The van der Waals surface area contributed by atoms with Gasteiger partial charge < -0.3 is 34.3 Å². The highest BCUT2D eigenvalue weighted by Crippen LogP contribution is 2.36. The number of aromatic nitrogens is 2. The van der Waals surface area contributed by atoms with E-state index in [-0.39, 0.29) is 17.4 Å². The van der Waals surface area contributed by atoms with Crippen molar-refractivity contribution in [3.05, 3.63) is 160 Å². The number of phenols is 1. The van der Waals surface area contributed by atoms with Crippen LogP contribution < -0.4 is 4.74 Å². The van der Waals surface area contributed by atoms with Crippen molar-refractivity contribution in [2.45, 2.75) is 78.6 Å². The van der Waals surface area contributed by atoms with Crippen LogP contribution in [0.2, 0.25) is 0 Å². The lowest BCUT2D eigenvalue weighted by atomic mass is 9.88. The number of likely N-dealkylation sites (N-methyl/N-ethyl adjacent to an activating group) is 2. The van der Waals surface area contributed by atoms with Crippen LogP contribution in [-0.4, -0.2) is 89.7 Å². The second-order valence-corrected chi connectivity index (χ2v) is 16.6. The normalized spacial score (nSPS) is 13.5. The molecule has 0 spiro atoms. The van der Waals surface area contributed by atoms with Crippen LogP contribution in [0.1, 0.15) is 114 Å². The monoisotopic (exact) mass is 863 g/mol. The summed E-state index contributed by atoms with van der Waals surface area (Å²) in [5.41, 5.74) is 11.6. The van der Waals surface area contributed by atoms with Gasteiger partial charge in [-0.05, 0) is 116 Å². The van der Waals surface area contributed by atoms with Crippen molar-refractivity contribution in [3.8, 4) is 11.5 Å². The highest BCUT2D eigenvalue weighted by Gasteiger charge is 2.21. The molecule has 0 bridgehead atoms. The molecule has 3 aromatic carbocycles. The molecule has 64 heavy (non-hydrogen) atoms. The number of amides is 1. The lowest BCUT2D eigenvalue weighted by Gasteiger charge is -2.22. The predicted octanol–water partition coefficient (Wildman–Crippen LogP) is 11.2. The van der Waals surface area contributed by atoms with Crippen molar-refractivity contribution in [2.75, 3.05) is 47.4 Å². The molecule has 0 saturated carbocycles. The molecule has 336 valence electrons. The molecule has 10 nitrogen and oxygen atoms in total. The molecule has 1 aliphatic heterocycles. The number of hydrogen-bond donors (Lipinski definition) is 3. The van der Waals surface area contributed by atoms with Crippen LogP contribution in [0.25, 0.3) is 17.2 Å². The summed E-state index contributed by atoms with van der Waals surface area (Å²) in [7, 11) is 5.58. The molecule has 3 heterocycles. The van der Waals surface area contributed by atoms with E-state index in [0.717, 1.165) is 114 Å². The van der Waals surface area contributed by atoms with Gasteiger partial charge in [0.05, 0.1) is 18.5 Å². The summed E-state index contributed by atoms with van der Waals surface area (Å²) < 4.78 is 11.7. The molecular weight excluding hydrogens is 799 g/mol. The zero-order valence-electron chi connectivity index (χ0n) is 38.5. The number of ketones is 1. The minimum Gasteiger partial charge on any atom is -0.508 e. The fourth-order valence-electron chi connectivity index (χ4n) is 8.27. The highest BCUT2D eigenvalue weighted by molar-refractivity contribution is 6.11. The lowest BCUT2D eigenvalue weighted by molar-refractivity contribution is -0.130. The van der Waals surface area contributed by atoms with E-state index >= 15 is 0 Å². The zero-order chi connectivity index (χ0) is 45.4. The van der Waals surface area contributed by atoms with Crippen LogP contribution >= 0.6 is 0 Å². The number of carbonyl (C=O) groups is 2. The molecule has 10 heteroatoms. The highest BCUT2D eigenvalue weighted by atomic mass is 16.5. The molecule has 1 amide bonds. The number of ether oxygens (including phenoxy) is 2. The molecule has 0 aliphatic carbocycles. The number of benzene rings is 3. The Bertz CT molecular complexity index is 2420. The molecule has 0 fully saturated rings. The predicted molar refractivity (Wildman–Crippen MR) is 260 cm³/mol. The number of allylic oxidation sites excluding steroid dienone is 2. The van der Waals surface area contributed by atoms with Gasteiger partial charge in [0, 0.05) is 68.7 Å². The molecule has 0 saturated heterocycles. The Morgan fingerprint density at radius 1 is 0.781 bits per heavy atom. The summed E-state index contributed by atoms with van der Waals surface area (Å²) in [4.78, 5) is 41.6. The standard InChI is InChI=1S/C54H65N5O5/c1-7-45(40-18-13-12-14-19-40)54(41-23-27-43(60)28-24-41)42-25-29-44(30-26-42)64-35-34-58(4)32-33-59(5)52(62)22-16-11-9-8-10-15-21-50(61)53-38(2)47(56-39(53)3)36-49-51(63-6)37-48(57-49)46-20-17-31-55-46/h12-14,17-20,23-31,36-37,55-56,60H,7-11,15-16,21-22,32-35H2,1-6H3/b49-36-,54-45-. The number of unbranched alkanes of at least 4 members (excludes halogenated alkanes) is 5. The Morgan fingerprint density at radius 2 is 1.45 bits per heavy atom. The van der Waals surface area contributed by atoms with Gasteiger partial charge in [-0.3, -0.25) is 9.59 Å². The number of aliphatic imine (C=N–C) groups is 1. The number of aromatic hydroxyl groups is 1. The van der Waals surface area contributed by atoms with Gasteiger partial charge in [0.15, 0.2) is 5.78 Å². The first-order chi connectivity index (χ1) is 31.1.